The Morgan fingerprint density at radius 3 is 2.32 bits per heavy atom. The fourth-order valence-electron chi connectivity index (χ4n) is 3.15. The molecule has 0 aliphatic rings. The predicted molar refractivity (Wildman–Crippen MR) is 119 cm³/mol. The van der Waals surface area contributed by atoms with Gasteiger partial charge in [-0.05, 0) is 49.7 Å². The Balaban J connectivity index is 2.09. The monoisotopic (exact) mass is 494 g/mol. The molecule has 1 atom stereocenters. The number of hydrogen-bond donors (Lipinski definition) is 2. The molecule has 12 heteroatoms. The van der Waals surface area contributed by atoms with Crippen LogP contribution in [0.5, 0.6) is 17.4 Å². The molecule has 2 N–H and O–H groups in total. The first-order valence-corrected chi connectivity index (χ1v) is 11.7. The number of hydrogen-bond acceptors (Lipinski definition) is 7. The van der Waals surface area contributed by atoms with E-state index in [0.29, 0.717) is 11.3 Å². The lowest BCUT2D eigenvalue weighted by Crippen LogP contribution is -2.21. The normalized spacial score (nSPS) is 13.1. The molecule has 0 bridgehead atoms. The van der Waals surface area contributed by atoms with Crippen LogP contribution in [0.3, 0.4) is 0 Å². The van der Waals surface area contributed by atoms with Crippen molar-refractivity contribution in [1.82, 2.24) is 10.2 Å². The van der Waals surface area contributed by atoms with Gasteiger partial charge in [0.1, 0.15) is 17.1 Å². The fraction of sp³-hybridized carbons (Fsp3) is 0.227. The highest BCUT2D eigenvalue weighted by Gasteiger charge is 2.38. The predicted octanol–water partition coefficient (Wildman–Crippen LogP) is 5.20. The summed E-state index contributed by atoms with van der Waals surface area (Å²) in [6.07, 6.45) is -3.64. The number of rotatable bonds is 6. The molecule has 0 spiro atoms. The van der Waals surface area contributed by atoms with Crippen molar-refractivity contribution in [3.8, 4) is 17.4 Å². The highest BCUT2D eigenvalue weighted by molar-refractivity contribution is 7.91. The van der Waals surface area contributed by atoms with Crippen molar-refractivity contribution in [1.29, 1.82) is 4.78 Å². The van der Waals surface area contributed by atoms with E-state index in [-0.39, 0.29) is 16.3 Å². The van der Waals surface area contributed by atoms with Crippen LogP contribution in [0.4, 0.5) is 18.9 Å². The Labute approximate surface area is 194 Å². The van der Waals surface area contributed by atoms with Gasteiger partial charge in [-0.15, -0.1) is 10.2 Å². The second-order valence-electron chi connectivity index (χ2n) is 7.36. The van der Waals surface area contributed by atoms with Crippen molar-refractivity contribution in [2.24, 2.45) is 0 Å². The molecule has 0 radical (unpaired) electrons. The van der Waals surface area contributed by atoms with E-state index in [2.05, 4.69) is 15.5 Å². The lowest BCUT2D eigenvalue weighted by Gasteiger charge is -2.17. The summed E-state index contributed by atoms with van der Waals surface area (Å²) < 4.78 is 71.1. The number of benzene rings is 2. The number of alkyl halides is 3. The third-order valence-corrected chi connectivity index (χ3v) is 6.04. The third kappa shape index (κ3) is 5.28. The molecule has 34 heavy (non-hydrogen) atoms. The molecule has 180 valence electrons. The van der Waals surface area contributed by atoms with Crippen LogP contribution in [-0.2, 0) is 15.9 Å². The van der Waals surface area contributed by atoms with Crippen molar-refractivity contribution >= 4 is 21.3 Å². The summed E-state index contributed by atoms with van der Waals surface area (Å²) in [4.78, 5) is 13.3. The van der Waals surface area contributed by atoms with Crippen LogP contribution in [0.15, 0.2) is 47.4 Å². The van der Waals surface area contributed by atoms with Gasteiger partial charge in [0.05, 0.1) is 16.8 Å². The van der Waals surface area contributed by atoms with Crippen LogP contribution >= 0.6 is 0 Å². The van der Waals surface area contributed by atoms with E-state index in [4.69, 9.17) is 14.3 Å². The van der Waals surface area contributed by atoms with Crippen LogP contribution in [0.25, 0.3) is 0 Å². The first kappa shape index (κ1) is 25.0. The Morgan fingerprint density at radius 2 is 1.71 bits per heavy atom. The summed E-state index contributed by atoms with van der Waals surface area (Å²) in [5.74, 6) is -0.701. The van der Waals surface area contributed by atoms with Gasteiger partial charge in [0.2, 0.25) is 0 Å². The topological polar surface area (TPSA) is 114 Å². The Bertz CT molecular complexity index is 1360. The molecule has 2 aromatic carbocycles. The van der Waals surface area contributed by atoms with Gasteiger partial charge < -0.3 is 14.8 Å². The molecule has 0 fully saturated rings. The molecule has 1 heterocycles. The Kier molecular flexibility index (Phi) is 6.82. The third-order valence-electron chi connectivity index (χ3n) is 4.88. The van der Waals surface area contributed by atoms with Crippen LogP contribution in [0.1, 0.15) is 27.2 Å². The van der Waals surface area contributed by atoms with E-state index in [0.717, 1.165) is 6.92 Å². The number of methoxy groups -OCH3 is 1. The van der Waals surface area contributed by atoms with E-state index in [1.54, 1.807) is 25.1 Å². The average Bonchev–Trinajstić information content (AvgIpc) is 2.74. The van der Waals surface area contributed by atoms with E-state index in [1.165, 1.54) is 37.6 Å². The maximum atomic E-state index is 13.5. The van der Waals surface area contributed by atoms with E-state index in [9.17, 15) is 22.2 Å². The largest absolute Gasteiger partial charge is 0.496 e. The number of carbonyl (C=O) groups excluding carboxylic acids is 1. The molecule has 0 saturated heterocycles. The maximum absolute atomic E-state index is 13.5. The van der Waals surface area contributed by atoms with Crippen molar-refractivity contribution in [3.63, 3.8) is 0 Å². The number of ether oxygens (including phenoxy) is 2. The van der Waals surface area contributed by atoms with Crippen LogP contribution in [0.2, 0.25) is 0 Å². The molecule has 1 aromatic heterocycles. The molecule has 0 aliphatic heterocycles. The second-order valence-corrected chi connectivity index (χ2v) is 9.52. The molecule has 3 rings (SSSR count). The number of nitrogens with one attached hydrogen (secondary N) is 2. The van der Waals surface area contributed by atoms with E-state index >= 15 is 0 Å². The van der Waals surface area contributed by atoms with E-state index < -0.39 is 44.5 Å². The summed E-state index contributed by atoms with van der Waals surface area (Å²) in [5.41, 5.74) is -1.61. The van der Waals surface area contributed by atoms with Gasteiger partial charge >= 0.3 is 6.18 Å². The van der Waals surface area contributed by atoms with Gasteiger partial charge in [-0.1, -0.05) is 12.1 Å². The van der Waals surface area contributed by atoms with Gasteiger partial charge in [0.25, 0.3) is 11.8 Å². The lowest BCUT2D eigenvalue weighted by atomic mass is 10.1. The fourth-order valence-corrected chi connectivity index (χ4v) is 3.84. The number of amides is 1. The molecular weight excluding hydrogens is 473 g/mol. The van der Waals surface area contributed by atoms with Gasteiger partial charge in [-0.3, -0.25) is 4.79 Å². The molecule has 0 saturated carbocycles. The zero-order valence-electron chi connectivity index (χ0n) is 18.6. The SMILES string of the molecule is COc1cccc(Oc2nnc(C(F)(F)F)c(C)c2C(=O)Nc2cccc(S(C)(=N)=O)c2)c1C. The highest BCUT2D eigenvalue weighted by atomic mass is 32.2. The van der Waals surface area contributed by atoms with Gasteiger partial charge in [-0.2, -0.15) is 13.2 Å². The molecule has 3 aromatic rings. The smallest absolute Gasteiger partial charge is 0.435 e. The summed E-state index contributed by atoms with van der Waals surface area (Å²) in [5, 5.41) is 9.25. The first-order valence-electron chi connectivity index (χ1n) is 9.74. The van der Waals surface area contributed by atoms with Crippen molar-refractivity contribution in [2.45, 2.75) is 24.9 Å². The second kappa shape index (κ2) is 9.29. The van der Waals surface area contributed by atoms with Crippen molar-refractivity contribution < 1.29 is 31.6 Å². The van der Waals surface area contributed by atoms with Crippen LogP contribution < -0.4 is 14.8 Å². The van der Waals surface area contributed by atoms with Crippen molar-refractivity contribution in [3.05, 3.63) is 64.8 Å². The first-order chi connectivity index (χ1) is 15.8. The Hall–Kier alpha value is -3.67. The number of aromatic nitrogens is 2. The zero-order chi connectivity index (χ0) is 25.3. The molecule has 1 amide bonds. The zero-order valence-corrected chi connectivity index (χ0v) is 19.4. The lowest BCUT2D eigenvalue weighted by molar-refractivity contribution is -0.142. The maximum Gasteiger partial charge on any atom is 0.435 e. The highest BCUT2D eigenvalue weighted by Crippen LogP contribution is 2.36. The minimum absolute atomic E-state index is 0.137. The minimum atomic E-state index is -4.85. The molecule has 8 nitrogen and oxygen atoms in total. The van der Waals surface area contributed by atoms with E-state index in [1.807, 2.05) is 0 Å². The van der Waals surface area contributed by atoms with Gasteiger partial charge in [0.15, 0.2) is 5.69 Å². The summed E-state index contributed by atoms with van der Waals surface area (Å²) in [7, 11) is -1.63. The number of nitrogens with zero attached hydrogens (tertiary/aromatic N) is 2. The summed E-state index contributed by atoms with van der Waals surface area (Å²) in [6, 6.07) is 10.5. The molecular formula is C22H21F3N4O4S. The van der Waals surface area contributed by atoms with Gasteiger partial charge in [-0.25, -0.2) is 8.99 Å². The molecule has 1 unspecified atom stereocenters. The van der Waals surface area contributed by atoms with Crippen LogP contribution in [-0.4, -0.2) is 33.7 Å². The quantitative estimate of drug-likeness (QED) is 0.487. The minimum Gasteiger partial charge on any atom is -0.496 e. The molecule has 0 aliphatic carbocycles. The Morgan fingerprint density at radius 1 is 1.06 bits per heavy atom. The summed E-state index contributed by atoms with van der Waals surface area (Å²) >= 11 is 0. The van der Waals surface area contributed by atoms with Gasteiger partial charge in [0, 0.05) is 22.4 Å². The van der Waals surface area contributed by atoms with Crippen LogP contribution in [0, 0.1) is 18.6 Å². The standard InChI is InChI=1S/C22H21F3N4O4S/c1-12-16(32-3)9-6-10-17(12)33-21-18(13(2)19(28-29-21)22(23,24)25)20(30)27-14-7-5-8-15(11-14)34(4,26)31/h5-11,26H,1-4H3,(H,27,30). The number of carbonyl (C=O) groups is 1. The average molecular weight is 494 g/mol. The number of anilines is 1. The number of halogens is 3. The summed E-state index contributed by atoms with van der Waals surface area (Å²) in [6.45, 7) is 2.77. The van der Waals surface area contributed by atoms with Crippen molar-refractivity contribution in [2.75, 3.05) is 18.7 Å².